The van der Waals surface area contributed by atoms with Gasteiger partial charge in [0, 0.05) is 17.2 Å². The summed E-state index contributed by atoms with van der Waals surface area (Å²) in [6.07, 6.45) is 0.678. The number of anilines is 1. The second-order valence-corrected chi connectivity index (χ2v) is 10.4. The number of hydrogen-bond donors (Lipinski definition) is 1. The highest BCUT2D eigenvalue weighted by Crippen LogP contribution is 2.40. The molecule has 2 amide bonds. The molecule has 10 heteroatoms. The highest BCUT2D eigenvalue weighted by molar-refractivity contribution is 6.03. The minimum atomic E-state index is -1.13. The summed E-state index contributed by atoms with van der Waals surface area (Å²) in [7, 11) is 4.60. The van der Waals surface area contributed by atoms with Crippen molar-refractivity contribution in [2.75, 3.05) is 26.2 Å². The Morgan fingerprint density at radius 1 is 0.976 bits per heavy atom. The van der Waals surface area contributed by atoms with Crippen LogP contribution < -0.4 is 24.4 Å². The fraction of sp³-hybridized carbons (Fsp3) is 0.355. The lowest BCUT2D eigenvalue weighted by Crippen LogP contribution is -2.51. The number of amides is 2. The molecule has 1 atom stereocenters. The van der Waals surface area contributed by atoms with Crippen molar-refractivity contribution >= 4 is 28.5 Å². The van der Waals surface area contributed by atoms with Crippen LogP contribution in [0.2, 0.25) is 0 Å². The summed E-state index contributed by atoms with van der Waals surface area (Å²) in [5.74, 6) is 0.623. The lowest BCUT2D eigenvalue weighted by Gasteiger charge is -2.35. The van der Waals surface area contributed by atoms with Crippen molar-refractivity contribution in [3.63, 3.8) is 0 Å². The molecule has 10 nitrogen and oxygen atoms in total. The molecule has 0 saturated carbocycles. The van der Waals surface area contributed by atoms with E-state index in [1.165, 1.54) is 23.8 Å². The van der Waals surface area contributed by atoms with Gasteiger partial charge in [-0.25, -0.2) is 4.68 Å². The van der Waals surface area contributed by atoms with Crippen molar-refractivity contribution in [1.82, 2.24) is 20.3 Å². The lowest BCUT2D eigenvalue weighted by atomic mass is 9.97. The smallest absolute Gasteiger partial charge is 0.249 e. The summed E-state index contributed by atoms with van der Waals surface area (Å²) in [4.78, 5) is 30.2. The molecule has 0 radical (unpaired) electrons. The first kappa shape index (κ1) is 29.4. The van der Waals surface area contributed by atoms with Crippen molar-refractivity contribution in [2.24, 2.45) is 0 Å². The highest BCUT2D eigenvalue weighted by Gasteiger charge is 2.38. The van der Waals surface area contributed by atoms with E-state index in [0.717, 1.165) is 5.56 Å². The summed E-state index contributed by atoms with van der Waals surface area (Å²) in [6.45, 7) is 7.62. The first-order valence-electron chi connectivity index (χ1n) is 13.4. The molecule has 4 rings (SSSR count). The molecule has 4 aromatic rings. The number of benzene rings is 3. The van der Waals surface area contributed by atoms with Crippen LogP contribution >= 0.6 is 0 Å². The Hall–Kier alpha value is -4.60. The van der Waals surface area contributed by atoms with Gasteiger partial charge in [0.1, 0.15) is 35.4 Å². The lowest BCUT2D eigenvalue weighted by molar-refractivity contribution is -0.128. The van der Waals surface area contributed by atoms with Gasteiger partial charge in [-0.1, -0.05) is 30.3 Å². The van der Waals surface area contributed by atoms with Crippen molar-refractivity contribution in [1.29, 1.82) is 0 Å². The summed E-state index contributed by atoms with van der Waals surface area (Å²) in [6, 6.07) is 17.0. The zero-order valence-electron chi connectivity index (χ0n) is 24.6. The van der Waals surface area contributed by atoms with Crippen molar-refractivity contribution in [2.45, 2.75) is 52.2 Å². The molecule has 1 unspecified atom stereocenters. The Kier molecular flexibility index (Phi) is 8.80. The second-order valence-electron chi connectivity index (χ2n) is 10.4. The fourth-order valence-corrected chi connectivity index (χ4v) is 4.58. The van der Waals surface area contributed by atoms with Gasteiger partial charge in [0.2, 0.25) is 11.8 Å². The van der Waals surface area contributed by atoms with Crippen LogP contribution in [0.15, 0.2) is 60.7 Å². The predicted molar refractivity (Wildman–Crippen MR) is 158 cm³/mol. The summed E-state index contributed by atoms with van der Waals surface area (Å²) in [5.41, 5.74) is 2.64. The molecule has 0 aliphatic heterocycles. The van der Waals surface area contributed by atoms with Crippen LogP contribution in [-0.4, -0.2) is 53.7 Å². The zero-order valence-corrected chi connectivity index (χ0v) is 24.6. The molecular formula is C31H37N5O5. The van der Waals surface area contributed by atoms with E-state index in [-0.39, 0.29) is 12.5 Å². The van der Waals surface area contributed by atoms with Gasteiger partial charge < -0.3 is 19.5 Å². The number of ether oxygens (including phenoxy) is 3. The molecule has 0 aliphatic carbocycles. The van der Waals surface area contributed by atoms with Gasteiger partial charge in [-0.15, -0.1) is 5.10 Å². The van der Waals surface area contributed by atoms with Gasteiger partial charge >= 0.3 is 0 Å². The molecule has 0 bridgehead atoms. The predicted octanol–water partition coefficient (Wildman–Crippen LogP) is 4.84. The van der Waals surface area contributed by atoms with Crippen LogP contribution in [0.3, 0.4) is 0 Å². The van der Waals surface area contributed by atoms with Crippen LogP contribution in [0, 0.1) is 6.92 Å². The van der Waals surface area contributed by atoms with Gasteiger partial charge in [-0.05, 0) is 69.2 Å². The standard InChI is InChI=1S/C31H37N5O5/c1-8-31(3,4)32-30(38)29(22-15-14-21(39-5)18-27(22)41-7)36(25-17-20(2)13-16-26(25)40-6)28(37)19-35-24-12-10-9-11-23(24)33-34-35/h9-18,29H,8,19H2,1-7H3,(H,32,38). The van der Waals surface area contributed by atoms with E-state index in [1.807, 2.05) is 64.1 Å². The number of methoxy groups -OCH3 is 3. The van der Waals surface area contributed by atoms with Gasteiger partial charge in [0.15, 0.2) is 0 Å². The minimum Gasteiger partial charge on any atom is -0.497 e. The van der Waals surface area contributed by atoms with Crippen molar-refractivity contribution in [3.8, 4) is 17.2 Å². The van der Waals surface area contributed by atoms with E-state index in [1.54, 1.807) is 31.4 Å². The largest absolute Gasteiger partial charge is 0.497 e. The zero-order chi connectivity index (χ0) is 29.7. The number of aryl methyl sites for hydroxylation is 1. The first-order valence-corrected chi connectivity index (χ1v) is 13.4. The van der Waals surface area contributed by atoms with E-state index in [2.05, 4.69) is 15.6 Å². The Morgan fingerprint density at radius 2 is 1.71 bits per heavy atom. The van der Waals surface area contributed by atoms with Crippen LogP contribution in [0.25, 0.3) is 11.0 Å². The molecule has 0 fully saturated rings. The Balaban J connectivity index is 1.95. The number of rotatable bonds is 11. The average Bonchev–Trinajstić information content (AvgIpc) is 3.37. The molecule has 1 aromatic heterocycles. The maximum atomic E-state index is 14.4. The SMILES string of the molecule is CCC(C)(C)NC(=O)C(c1ccc(OC)cc1OC)N(C(=O)Cn1nnc2ccccc21)c1cc(C)ccc1OC. The van der Waals surface area contributed by atoms with E-state index in [4.69, 9.17) is 14.2 Å². The Morgan fingerprint density at radius 3 is 2.39 bits per heavy atom. The number of carbonyl (C=O) groups is 2. The van der Waals surface area contributed by atoms with Crippen LogP contribution in [-0.2, 0) is 16.1 Å². The Bertz CT molecular complexity index is 1550. The molecule has 0 aliphatic rings. The van der Waals surface area contributed by atoms with Gasteiger partial charge in [0.25, 0.3) is 0 Å². The quantitative estimate of drug-likeness (QED) is 0.280. The number of nitrogens with zero attached hydrogens (tertiary/aromatic N) is 4. The van der Waals surface area contributed by atoms with Gasteiger partial charge in [-0.3, -0.25) is 14.5 Å². The fourth-order valence-electron chi connectivity index (χ4n) is 4.58. The first-order chi connectivity index (χ1) is 19.6. The van der Waals surface area contributed by atoms with Crippen molar-refractivity contribution < 1.29 is 23.8 Å². The number of hydrogen-bond acceptors (Lipinski definition) is 7. The number of nitrogens with one attached hydrogen (secondary N) is 1. The van der Waals surface area contributed by atoms with Gasteiger partial charge in [-0.2, -0.15) is 0 Å². The maximum Gasteiger partial charge on any atom is 0.249 e. The third-order valence-corrected chi connectivity index (χ3v) is 7.16. The molecule has 0 spiro atoms. The van der Waals surface area contributed by atoms with E-state index in [0.29, 0.717) is 46.0 Å². The summed E-state index contributed by atoms with van der Waals surface area (Å²) >= 11 is 0. The molecule has 1 N–H and O–H groups in total. The topological polar surface area (TPSA) is 108 Å². The summed E-state index contributed by atoms with van der Waals surface area (Å²) in [5, 5.41) is 11.6. The normalized spacial score (nSPS) is 12.1. The minimum absolute atomic E-state index is 0.170. The maximum absolute atomic E-state index is 14.4. The highest BCUT2D eigenvalue weighted by atomic mass is 16.5. The monoisotopic (exact) mass is 559 g/mol. The average molecular weight is 560 g/mol. The Labute approximate surface area is 240 Å². The van der Waals surface area contributed by atoms with Crippen molar-refractivity contribution in [3.05, 3.63) is 71.8 Å². The van der Waals surface area contributed by atoms with E-state index < -0.39 is 17.5 Å². The molecule has 1 heterocycles. The molecule has 41 heavy (non-hydrogen) atoms. The number of fused-ring (bicyclic) bond motifs is 1. The van der Waals surface area contributed by atoms with E-state index in [9.17, 15) is 9.59 Å². The molecule has 0 saturated heterocycles. The number of carbonyl (C=O) groups excluding carboxylic acids is 2. The van der Waals surface area contributed by atoms with Gasteiger partial charge in [0.05, 0.1) is 32.5 Å². The summed E-state index contributed by atoms with van der Waals surface area (Å²) < 4.78 is 18.4. The van der Waals surface area contributed by atoms with Crippen LogP contribution in [0.1, 0.15) is 44.4 Å². The third kappa shape index (κ3) is 6.26. The number of aromatic nitrogens is 3. The van der Waals surface area contributed by atoms with E-state index >= 15 is 0 Å². The molecule has 216 valence electrons. The third-order valence-electron chi connectivity index (χ3n) is 7.16. The molecular weight excluding hydrogens is 522 g/mol. The second kappa shape index (κ2) is 12.3. The van der Waals surface area contributed by atoms with Crippen LogP contribution in [0.4, 0.5) is 5.69 Å². The van der Waals surface area contributed by atoms with Crippen LogP contribution in [0.5, 0.6) is 17.2 Å². The number of para-hydroxylation sites is 1. The molecule has 3 aromatic carbocycles.